The van der Waals surface area contributed by atoms with E-state index in [2.05, 4.69) is 36.6 Å². The van der Waals surface area contributed by atoms with Gasteiger partial charge in [0, 0.05) is 20.2 Å². The van der Waals surface area contributed by atoms with E-state index in [1.54, 1.807) is 24.3 Å². The summed E-state index contributed by atoms with van der Waals surface area (Å²) in [5.41, 5.74) is 0.202. The number of halogens is 3. The number of sulfonamides is 1. The Morgan fingerprint density at radius 3 is 2.48 bits per heavy atom. The average Bonchev–Trinajstić information content (AvgIpc) is 2.40. The summed E-state index contributed by atoms with van der Waals surface area (Å²) in [4.78, 5) is -0.527. The smallest absolute Gasteiger partial charge is 0.264 e. The van der Waals surface area contributed by atoms with Crippen molar-refractivity contribution >= 4 is 47.6 Å². The lowest BCUT2D eigenvalue weighted by Gasteiger charge is -2.11. The molecule has 0 atom stereocenters. The molecule has 0 saturated carbocycles. The van der Waals surface area contributed by atoms with Crippen LogP contribution in [-0.4, -0.2) is 13.5 Å². The molecule has 0 aliphatic rings. The third-order valence-electron chi connectivity index (χ3n) is 2.62. The molecule has 0 bridgehead atoms. The second-order valence-corrected chi connectivity index (χ2v) is 7.63. The van der Waals surface area contributed by atoms with Crippen molar-refractivity contribution < 1.29 is 17.9 Å². The number of hydrogen-bond acceptors (Lipinski definition) is 3. The maximum absolute atomic E-state index is 14.1. The Hall–Kier alpha value is -0.960. The third-order valence-corrected chi connectivity index (χ3v) is 4.95. The van der Waals surface area contributed by atoms with E-state index in [9.17, 15) is 12.8 Å². The maximum atomic E-state index is 14.1. The molecule has 0 spiro atoms. The molecule has 4 nitrogen and oxygen atoms in total. The lowest BCUT2D eigenvalue weighted by Crippen LogP contribution is -2.15. The molecule has 0 fully saturated rings. The van der Waals surface area contributed by atoms with Crippen molar-refractivity contribution in [3.8, 4) is 0 Å². The van der Waals surface area contributed by atoms with Gasteiger partial charge in [-0.15, -0.1) is 0 Å². The van der Waals surface area contributed by atoms with E-state index in [0.29, 0.717) is 14.6 Å². The van der Waals surface area contributed by atoms with Crippen LogP contribution in [0.2, 0.25) is 0 Å². The van der Waals surface area contributed by atoms with E-state index in [-0.39, 0.29) is 5.56 Å². The summed E-state index contributed by atoms with van der Waals surface area (Å²) < 4.78 is 42.0. The van der Waals surface area contributed by atoms with Gasteiger partial charge in [-0.2, -0.15) is 0 Å². The van der Waals surface area contributed by atoms with Crippen LogP contribution in [0, 0.1) is 5.82 Å². The molecule has 8 heteroatoms. The molecule has 0 aromatic heterocycles. The predicted octanol–water partition coefficient (Wildman–Crippen LogP) is 3.64. The van der Waals surface area contributed by atoms with Crippen LogP contribution < -0.4 is 4.72 Å². The molecule has 0 amide bonds. The van der Waals surface area contributed by atoms with Gasteiger partial charge in [-0.1, -0.05) is 37.9 Å². The first-order valence-electron chi connectivity index (χ1n) is 5.70. The van der Waals surface area contributed by atoms with Crippen LogP contribution in [0.3, 0.4) is 0 Å². The van der Waals surface area contributed by atoms with Gasteiger partial charge in [-0.25, -0.2) is 12.8 Å². The maximum Gasteiger partial charge on any atom is 0.264 e. The molecule has 0 heterocycles. The number of hydrogen-bond donors (Lipinski definition) is 2. The van der Waals surface area contributed by atoms with E-state index >= 15 is 0 Å². The Morgan fingerprint density at radius 2 is 1.86 bits per heavy atom. The van der Waals surface area contributed by atoms with Gasteiger partial charge in [0.05, 0.1) is 6.61 Å². The van der Waals surface area contributed by atoms with Crippen LogP contribution in [-0.2, 0) is 16.6 Å². The van der Waals surface area contributed by atoms with Gasteiger partial charge in [0.2, 0.25) is 0 Å². The normalized spacial score (nSPS) is 11.4. The number of aliphatic hydroxyl groups is 1. The lowest BCUT2D eigenvalue weighted by molar-refractivity contribution is 0.274. The molecule has 0 aliphatic carbocycles. The van der Waals surface area contributed by atoms with Gasteiger partial charge < -0.3 is 5.11 Å². The molecular formula is C13H10Br2FNO3S. The zero-order valence-corrected chi connectivity index (χ0v) is 14.5. The highest BCUT2D eigenvalue weighted by molar-refractivity contribution is 9.10. The first-order valence-corrected chi connectivity index (χ1v) is 8.77. The molecule has 0 aliphatic heterocycles. The molecule has 0 unspecified atom stereocenters. The van der Waals surface area contributed by atoms with Crippen LogP contribution in [0.4, 0.5) is 10.1 Å². The number of rotatable bonds is 4. The van der Waals surface area contributed by atoms with Crippen molar-refractivity contribution in [1.82, 2.24) is 0 Å². The highest BCUT2D eigenvalue weighted by Gasteiger charge is 2.22. The van der Waals surface area contributed by atoms with E-state index in [4.69, 9.17) is 5.11 Å². The van der Waals surface area contributed by atoms with Gasteiger partial charge in [-0.05, 0) is 30.3 Å². The summed E-state index contributed by atoms with van der Waals surface area (Å²) in [6, 6.07) is 8.97. The van der Waals surface area contributed by atoms with Gasteiger partial charge in [0.25, 0.3) is 10.0 Å². The Labute approximate surface area is 138 Å². The predicted molar refractivity (Wildman–Crippen MR) is 85.0 cm³/mol. The fourth-order valence-corrected chi connectivity index (χ4v) is 3.94. The second kappa shape index (κ2) is 6.43. The SMILES string of the molecule is O=S(=O)(Nc1cccc(Br)c1)c1cc(Br)cc(CO)c1F. The van der Waals surface area contributed by atoms with E-state index < -0.39 is 27.3 Å². The molecule has 112 valence electrons. The van der Waals surface area contributed by atoms with Crippen molar-refractivity contribution in [1.29, 1.82) is 0 Å². The molecule has 2 aromatic rings. The van der Waals surface area contributed by atoms with Crippen molar-refractivity contribution in [3.63, 3.8) is 0 Å². The first kappa shape index (κ1) is 16.4. The number of anilines is 1. The molecule has 0 radical (unpaired) electrons. The van der Waals surface area contributed by atoms with Crippen LogP contribution in [0.15, 0.2) is 50.2 Å². The molecular weight excluding hydrogens is 429 g/mol. The third kappa shape index (κ3) is 3.82. The Bertz CT molecular complexity index is 781. The zero-order valence-electron chi connectivity index (χ0n) is 10.5. The minimum Gasteiger partial charge on any atom is -0.392 e. The van der Waals surface area contributed by atoms with Gasteiger partial charge in [-0.3, -0.25) is 4.72 Å². The summed E-state index contributed by atoms with van der Waals surface area (Å²) in [6.07, 6.45) is 0. The lowest BCUT2D eigenvalue weighted by atomic mass is 10.2. The highest BCUT2D eigenvalue weighted by Crippen LogP contribution is 2.26. The molecule has 2 aromatic carbocycles. The first-order chi connectivity index (χ1) is 9.83. The Balaban J connectivity index is 2.47. The van der Waals surface area contributed by atoms with Crippen LogP contribution in [0.25, 0.3) is 0 Å². The van der Waals surface area contributed by atoms with Gasteiger partial charge >= 0.3 is 0 Å². The Morgan fingerprint density at radius 1 is 1.14 bits per heavy atom. The van der Waals surface area contributed by atoms with E-state index in [1.165, 1.54) is 6.07 Å². The zero-order chi connectivity index (χ0) is 15.6. The fraction of sp³-hybridized carbons (Fsp3) is 0.0769. The summed E-state index contributed by atoms with van der Waals surface area (Å²) in [5, 5.41) is 9.08. The van der Waals surface area contributed by atoms with E-state index in [0.717, 1.165) is 6.07 Å². The standard InChI is InChI=1S/C13H10Br2FNO3S/c14-9-2-1-3-11(5-9)17-21(19,20)12-6-10(15)4-8(7-18)13(12)16/h1-6,17-18H,7H2. The van der Waals surface area contributed by atoms with Crippen molar-refractivity contribution in [2.75, 3.05) is 4.72 Å². The topological polar surface area (TPSA) is 66.4 Å². The molecule has 0 saturated heterocycles. The van der Waals surface area contributed by atoms with Crippen LogP contribution >= 0.6 is 31.9 Å². The monoisotopic (exact) mass is 437 g/mol. The Kier molecular flexibility index (Phi) is 5.03. The largest absolute Gasteiger partial charge is 0.392 e. The van der Waals surface area contributed by atoms with Gasteiger partial charge in [0.15, 0.2) is 0 Å². The molecule has 21 heavy (non-hydrogen) atoms. The second-order valence-electron chi connectivity index (χ2n) is 4.15. The van der Waals surface area contributed by atoms with Crippen LogP contribution in [0.1, 0.15) is 5.56 Å². The molecule has 2 rings (SSSR count). The van der Waals surface area contributed by atoms with Crippen molar-refractivity contribution in [2.45, 2.75) is 11.5 Å². The number of benzene rings is 2. The summed E-state index contributed by atoms with van der Waals surface area (Å²) in [6.45, 7) is -0.593. The fourth-order valence-electron chi connectivity index (χ4n) is 1.69. The highest BCUT2D eigenvalue weighted by atomic mass is 79.9. The number of nitrogens with one attached hydrogen (secondary N) is 1. The van der Waals surface area contributed by atoms with Crippen molar-refractivity contribution in [3.05, 3.63) is 56.7 Å². The summed E-state index contributed by atoms with van der Waals surface area (Å²) in [7, 11) is -4.10. The minimum absolute atomic E-state index is 0.0982. The number of aliphatic hydroxyl groups excluding tert-OH is 1. The van der Waals surface area contributed by atoms with E-state index in [1.807, 2.05) is 0 Å². The minimum atomic E-state index is -4.10. The average molecular weight is 439 g/mol. The van der Waals surface area contributed by atoms with Gasteiger partial charge in [0.1, 0.15) is 10.7 Å². The van der Waals surface area contributed by atoms with Crippen molar-refractivity contribution in [2.24, 2.45) is 0 Å². The quantitative estimate of drug-likeness (QED) is 0.765. The van der Waals surface area contributed by atoms with Crippen LogP contribution in [0.5, 0.6) is 0 Å². The summed E-state index contributed by atoms with van der Waals surface area (Å²) in [5.74, 6) is -0.969. The molecule has 2 N–H and O–H groups in total. The summed E-state index contributed by atoms with van der Waals surface area (Å²) >= 11 is 6.33.